The summed E-state index contributed by atoms with van der Waals surface area (Å²) >= 11 is 0. The van der Waals surface area contributed by atoms with Gasteiger partial charge < -0.3 is 18.9 Å². The van der Waals surface area contributed by atoms with Crippen molar-refractivity contribution in [1.29, 1.82) is 0 Å². The van der Waals surface area contributed by atoms with E-state index in [1.807, 2.05) is 12.1 Å². The highest BCUT2D eigenvalue weighted by Gasteiger charge is 2.33. The third-order valence-corrected chi connectivity index (χ3v) is 9.87. The van der Waals surface area contributed by atoms with E-state index in [0.717, 1.165) is 102 Å². The molecule has 40 heavy (non-hydrogen) atoms. The van der Waals surface area contributed by atoms with Crippen molar-refractivity contribution in [2.75, 3.05) is 24.7 Å². The molecule has 0 amide bonds. The summed E-state index contributed by atoms with van der Waals surface area (Å²) in [6.07, 6.45) is 11.8. The first-order chi connectivity index (χ1) is 19.5. The van der Waals surface area contributed by atoms with Gasteiger partial charge in [-0.15, -0.1) is 0 Å². The van der Waals surface area contributed by atoms with Crippen LogP contribution in [0.3, 0.4) is 0 Å². The van der Waals surface area contributed by atoms with E-state index in [1.54, 1.807) is 0 Å². The van der Waals surface area contributed by atoms with E-state index in [2.05, 4.69) is 62.4 Å². The van der Waals surface area contributed by atoms with Gasteiger partial charge >= 0.3 is 0 Å². The Labute approximate surface area is 244 Å². The van der Waals surface area contributed by atoms with Crippen LogP contribution >= 0.6 is 0 Å². The number of hydrogen-bond donors (Lipinski definition) is 0. The highest BCUT2D eigenvalue weighted by molar-refractivity contribution is 7.84. The zero-order valence-electron chi connectivity index (χ0n) is 24.7. The molecule has 0 aliphatic carbocycles. The van der Waals surface area contributed by atoms with E-state index < -0.39 is 22.0 Å². The number of hydrogen-bond acceptors (Lipinski definition) is 5. The molecule has 0 bridgehead atoms. The van der Waals surface area contributed by atoms with E-state index in [1.165, 1.54) is 11.1 Å². The third-order valence-electron chi connectivity index (χ3n) is 8.38. The average Bonchev–Trinajstić information content (AvgIpc) is 2.99. The molecular weight excluding hydrogens is 520 g/mol. The molecule has 2 aromatic carbocycles. The van der Waals surface area contributed by atoms with Crippen molar-refractivity contribution in [3.8, 4) is 0 Å². The molecule has 2 saturated heterocycles. The molecule has 2 aliphatic rings. The highest BCUT2D eigenvalue weighted by Crippen LogP contribution is 2.36. The van der Waals surface area contributed by atoms with Crippen LogP contribution in [0, 0.1) is 0 Å². The molecule has 0 aromatic heterocycles. The van der Waals surface area contributed by atoms with Crippen molar-refractivity contribution in [2.45, 2.75) is 115 Å². The van der Waals surface area contributed by atoms with Crippen LogP contribution in [-0.4, -0.2) is 41.5 Å². The van der Waals surface area contributed by atoms with Crippen LogP contribution in [0.2, 0.25) is 0 Å². The van der Waals surface area contributed by atoms with Crippen molar-refractivity contribution in [3.05, 3.63) is 71.8 Å². The number of unbranched alkanes of at least 4 members (excludes halogenated alkanes) is 2. The van der Waals surface area contributed by atoms with Crippen molar-refractivity contribution >= 4 is 10.8 Å². The largest absolute Gasteiger partial charge is 0.353 e. The van der Waals surface area contributed by atoms with E-state index in [4.69, 9.17) is 18.9 Å². The lowest BCUT2D eigenvalue weighted by Gasteiger charge is -2.36. The molecule has 0 radical (unpaired) electrons. The van der Waals surface area contributed by atoms with Gasteiger partial charge in [0, 0.05) is 35.5 Å². The van der Waals surface area contributed by atoms with Gasteiger partial charge in [-0.2, -0.15) is 0 Å². The second-order valence-corrected chi connectivity index (χ2v) is 13.5. The number of ether oxygens (including phenoxy) is 4. The molecule has 6 heteroatoms. The van der Waals surface area contributed by atoms with Crippen molar-refractivity contribution in [3.63, 3.8) is 0 Å². The Morgan fingerprint density at radius 2 is 1.10 bits per heavy atom. The Hall–Kier alpha value is -1.57. The Morgan fingerprint density at radius 3 is 1.48 bits per heavy atom. The van der Waals surface area contributed by atoms with Crippen molar-refractivity contribution in [2.24, 2.45) is 0 Å². The molecular formula is C34H50O5S. The molecule has 2 fully saturated rings. The predicted octanol–water partition coefficient (Wildman–Crippen LogP) is 7.99. The molecule has 2 aromatic rings. The first kappa shape index (κ1) is 31.4. The van der Waals surface area contributed by atoms with Crippen molar-refractivity contribution < 1.29 is 23.2 Å². The molecule has 4 rings (SSSR count). The molecule has 4 unspecified atom stereocenters. The summed E-state index contributed by atoms with van der Waals surface area (Å²) in [5.41, 5.74) is 1.59. The highest BCUT2D eigenvalue weighted by atomic mass is 32.2. The Kier molecular flexibility index (Phi) is 12.7. The minimum absolute atomic E-state index is 0.136. The fraction of sp³-hybridized carbons (Fsp3) is 0.647. The lowest BCUT2D eigenvalue weighted by atomic mass is 9.90. The van der Waals surface area contributed by atoms with Gasteiger partial charge in [-0.1, -0.05) is 60.7 Å². The van der Waals surface area contributed by atoms with Gasteiger partial charge in [-0.05, 0) is 102 Å². The standard InChI is InChI=1S/C34H50O5S/c1-33(29-17-5-3-6-18-29,38-31-21-9-13-25-36-31)23-11-15-27-40(35)28-16-12-24-34(2,30-19-7-4-8-20-30)39-32-22-10-14-26-37-32/h3-8,17-20,31-32H,9-16,21-28H2,1-2H3. The van der Waals surface area contributed by atoms with Gasteiger partial charge in [-0.3, -0.25) is 4.21 Å². The summed E-state index contributed by atoms with van der Waals surface area (Å²) in [7, 11) is -0.809. The van der Waals surface area contributed by atoms with Gasteiger partial charge in [0.15, 0.2) is 12.6 Å². The Bertz CT molecular complexity index is 910. The summed E-state index contributed by atoms with van der Waals surface area (Å²) < 4.78 is 37.8. The fourth-order valence-corrected chi connectivity index (χ4v) is 7.12. The molecule has 5 nitrogen and oxygen atoms in total. The fourth-order valence-electron chi connectivity index (χ4n) is 5.87. The normalized spacial score (nSPS) is 23.6. The van der Waals surface area contributed by atoms with Crippen LogP contribution in [0.5, 0.6) is 0 Å². The van der Waals surface area contributed by atoms with Crippen molar-refractivity contribution in [1.82, 2.24) is 0 Å². The van der Waals surface area contributed by atoms with Gasteiger partial charge in [0.2, 0.25) is 0 Å². The molecule has 2 aliphatic heterocycles. The molecule has 0 N–H and O–H groups in total. The van der Waals surface area contributed by atoms with Crippen LogP contribution in [0.15, 0.2) is 60.7 Å². The minimum Gasteiger partial charge on any atom is -0.353 e. The summed E-state index contributed by atoms with van der Waals surface area (Å²) in [6.45, 7) is 5.92. The maximum absolute atomic E-state index is 12.9. The zero-order chi connectivity index (χ0) is 28.1. The second-order valence-electron chi connectivity index (χ2n) is 11.8. The van der Waals surface area contributed by atoms with Crippen LogP contribution < -0.4 is 0 Å². The number of benzene rings is 2. The summed E-state index contributed by atoms with van der Waals surface area (Å²) in [6, 6.07) is 21.0. The van der Waals surface area contributed by atoms with Gasteiger partial charge in [0.1, 0.15) is 0 Å². The van der Waals surface area contributed by atoms with Crippen LogP contribution in [0.4, 0.5) is 0 Å². The summed E-state index contributed by atoms with van der Waals surface area (Å²) in [5.74, 6) is 1.49. The molecule has 0 spiro atoms. The smallest absolute Gasteiger partial charge is 0.158 e. The molecule has 2 heterocycles. The molecule has 4 atom stereocenters. The van der Waals surface area contributed by atoms with Crippen LogP contribution in [0.25, 0.3) is 0 Å². The third kappa shape index (κ3) is 9.77. The lowest BCUT2D eigenvalue weighted by Crippen LogP contribution is -2.35. The summed E-state index contributed by atoms with van der Waals surface area (Å²) in [5, 5.41) is 0. The monoisotopic (exact) mass is 570 g/mol. The summed E-state index contributed by atoms with van der Waals surface area (Å²) in [4.78, 5) is 0. The maximum Gasteiger partial charge on any atom is 0.158 e. The van der Waals surface area contributed by atoms with Gasteiger partial charge in [-0.25, -0.2) is 0 Å². The van der Waals surface area contributed by atoms with E-state index in [9.17, 15) is 4.21 Å². The zero-order valence-corrected chi connectivity index (χ0v) is 25.5. The van der Waals surface area contributed by atoms with Gasteiger partial charge in [0.25, 0.3) is 0 Å². The van der Waals surface area contributed by atoms with Crippen LogP contribution in [-0.2, 0) is 40.9 Å². The molecule has 222 valence electrons. The SMILES string of the molecule is CC(CCCCS(=O)CCCCC(C)(OC1CCCCO1)c1ccccc1)(OC1CCCCO1)c1ccccc1. The lowest BCUT2D eigenvalue weighted by molar-refractivity contribution is -0.227. The van der Waals surface area contributed by atoms with E-state index >= 15 is 0 Å². The Balaban J connectivity index is 1.20. The quantitative estimate of drug-likeness (QED) is 0.191. The topological polar surface area (TPSA) is 54.0 Å². The van der Waals surface area contributed by atoms with Gasteiger partial charge in [0.05, 0.1) is 11.2 Å². The van der Waals surface area contributed by atoms with E-state index in [-0.39, 0.29) is 12.6 Å². The first-order valence-electron chi connectivity index (χ1n) is 15.5. The Morgan fingerprint density at radius 1 is 0.675 bits per heavy atom. The first-order valence-corrected chi connectivity index (χ1v) is 17.0. The number of rotatable bonds is 16. The molecule has 0 saturated carbocycles. The van der Waals surface area contributed by atoms with E-state index in [0.29, 0.717) is 0 Å². The minimum atomic E-state index is -0.809. The van der Waals surface area contributed by atoms with Crippen LogP contribution in [0.1, 0.15) is 102 Å². The second kappa shape index (κ2) is 16.2. The average molecular weight is 571 g/mol. The maximum atomic E-state index is 12.9. The predicted molar refractivity (Wildman–Crippen MR) is 163 cm³/mol.